The number of benzene rings is 1. The first-order chi connectivity index (χ1) is 8.27. The van der Waals surface area contributed by atoms with Crippen LogP contribution in [0.15, 0.2) is 36.4 Å². The Hall–Kier alpha value is -2.03. The quantitative estimate of drug-likeness (QED) is 0.773. The number of aromatic nitrogens is 1. The second-order valence-corrected chi connectivity index (χ2v) is 4.38. The molecule has 86 valence electrons. The van der Waals surface area contributed by atoms with Gasteiger partial charge in [-0.2, -0.15) is 0 Å². The lowest BCUT2D eigenvalue weighted by molar-refractivity contribution is 0.0690. The molecule has 3 heteroatoms. The molecule has 0 spiro atoms. The Morgan fingerprint density at radius 1 is 1.35 bits per heavy atom. The van der Waals surface area contributed by atoms with E-state index in [1.807, 2.05) is 24.3 Å². The summed E-state index contributed by atoms with van der Waals surface area (Å²) < 4.78 is 0. The van der Waals surface area contributed by atoms with Crippen molar-refractivity contribution in [3.63, 3.8) is 0 Å². The number of hydrogen-bond donors (Lipinski definition) is 2. The molecular formula is C14H13NO2. The van der Waals surface area contributed by atoms with Gasteiger partial charge in [0.1, 0.15) is 5.69 Å². The molecule has 0 saturated carbocycles. The van der Waals surface area contributed by atoms with Gasteiger partial charge < -0.3 is 10.1 Å². The molecule has 0 radical (unpaired) electrons. The molecule has 0 fully saturated rings. The molecule has 17 heavy (non-hydrogen) atoms. The zero-order valence-corrected chi connectivity index (χ0v) is 9.31. The van der Waals surface area contributed by atoms with Gasteiger partial charge in [0, 0.05) is 16.8 Å². The number of hydrogen-bond acceptors (Lipinski definition) is 1. The van der Waals surface area contributed by atoms with Gasteiger partial charge in [-0.3, -0.25) is 0 Å². The Labute approximate surface area is 98.8 Å². The number of H-pyrrole nitrogens is 1. The lowest BCUT2D eigenvalue weighted by Crippen LogP contribution is -2.03. The monoisotopic (exact) mass is 227 g/mol. The van der Waals surface area contributed by atoms with Crippen LogP contribution < -0.4 is 0 Å². The van der Waals surface area contributed by atoms with Crippen molar-refractivity contribution in [2.24, 2.45) is 0 Å². The van der Waals surface area contributed by atoms with Crippen LogP contribution in [0.1, 0.15) is 34.8 Å². The van der Waals surface area contributed by atoms with Crippen molar-refractivity contribution in [3.05, 3.63) is 47.7 Å². The fourth-order valence-electron chi connectivity index (χ4n) is 2.59. The van der Waals surface area contributed by atoms with Crippen molar-refractivity contribution >= 4 is 16.9 Å². The molecule has 0 saturated heterocycles. The number of nitrogens with one attached hydrogen (secondary N) is 1. The highest BCUT2D eigenvalue weighted by Crippen LogP contribution is 2.35. The third-order valence-electron chi connectivity index (χ3n) is 3.34. The van der Waals surface area contributed by atoms with Gasteiger partial charge in [0.2, 0.25) is 0 Å². The smallest absolute Gasteiger partial charge is 0.352 e. The fraction of sp³-hybridized carbons (Fsp3) is 0.214. The van der Waals surface area contributed by atoms with Crippen molar-refractivity contribution in [1.82, 2.24) is 4.98 Å². The van der Waals surface area contributed by atoms with Crippen LogP contribution in [0, 0.1) is 0 Å². The van der Waals surface area contributed by atoms with Crippen molar-refractivity contribution in [3.8, 4) is 0 Å². The molecule has 0 amide bonds. The summed E-state index contributed by atoms with van der Waals surface area (Å²) in [4.78, 5) is 14.3. The number of aromatic amines is 1. The molecule has 1 aromatic carbocycles. The van der Waals surface area contributed by atoms with Gasteiger partial charge >= 0.3 is 5.97 Å². The van der Waals surface area contributed by atoms with Crippen molar-refractivity contribution in [2.75, 3.05) is 0 Å². The van der Waals surface area contributed by atoms with Crippen LogP contribution in [0.4, 0.5) is 0 Å². The van der Waals surface area contributed by atoms with Gasteiger partial charge in [-0.05, 0) is 24.5 Å². The Morgan fingerprint density at radius 3 is 2.88 bits per heavy atom. The normalized spacial score (nSPS) is 18.9. The lowest BCUT2D eigenvalue weighted by atomic mass is 9.95. The average molecular weight is 227 g/mol. The maximum atomic E-state index is 11.3. The summed E-state index contributed by atoms with van der Waals surface area (Å²) in [6.45, 7) is 0. The molecule has 1 aliphatic carbocycles. The summed E-state index contributed by atoms with van der Waals surface area (Å²) in [7, 11) is 0. The zero-order chi connectivity index (χ0) is 11.8. The first-order valence-corrected chi connectivity index (χ1v) is 5.78. The van der Waals surface area contributed by atoms with Gasteiger partial charge in [-0.1, -0.05) is 30.4 Å². The van der Waals surface area contributed by atoms with Gasteiger partial charge in [0.05, 0.1) is 0 Å². The summed E-state index contributed by atoms with van der Waals surface area (Å²) >= 11 is 0. The Balaban J connectivity index is 2.27. The van der Waals surface area contributed by atoms with E-state index >= 15 is 0 Å². The number of aromatic carboxylic acids is 1. The summed E-state index contributed by atoms with van der Waals surface area (Å²) in [5.41, 5.74) is 2.17. The van der Waals surface area contributed by atoms with E-state index in [1.165, 1.54) is 0 Å². The number of allylic oxidation sites excluding steroid dienone is 2. The van der Waals surface area contributed by atoms with E-state index in [-0.39, 0.29) is 5.92 Å². The van der Waals surface area contributed by atoms with Crippen LogP contribution in [0.25, 0.3) is 10.9 Å². The zero-order valence-electron chi connectivity index (χ0n) is 9.31. The molecule has 1 aliphatic rings. The topological polar surface area (TPSA) is 53.1 Å². The van der Waals surface area contributed by atoms with Crippen molar-refractivity contribution < 1.29 is 9.90 Å². The maximum Gasteiger partial charge on any atom is 0.352 e. The van der Waals surface area contributed by atoms with E-state index in [0.29, 0.717) is 5.69 Å². The molecule has 3 rings (SSSR count). The maximum absolute atomic E-state index is 11.3. The number of carboxylic acids is 1. The minimum absolute atomic E-state index is 0.234. The summed E-state index contributed by atoms with van der Waals surface area (Å²) in [6, 6.07) is 7.77. The third kappa shape index (κ3) is 1.55. The molecule has 3 nitrogen and oxygen atoms in total. The summed E-state index contributed by atoms with van der Waals surface area (Å²) in [5.74, 6) is -0.645. The van der Waals surface area contributed by atoms with Crippen LogP contribution in [0.3, 0.4) is 0 Å². The molecule has 0 bridgehead atoms. The summed E-state index contributed by atoms with van der Waals surface area (Å²) in [6.07, 6.45) is 6.27. The van der Waals surface area contributed by atoms with E-state index < -0.39 is 5.97 Å². The van der Waals surface area contributed by atoms with Crippen LogP contribution in [0.5, 0.6) is 0 Å². The molecule has 1 aromatic heterocycles. The fourth-order valence-corrected chi connectivity index (χ4v) is 2.59. The standard InChI is InChI=1S/C14H13NO2/c16-14(17)13-12(9-5-1-2-6-9)10-7-3-4-8-11(10)15-13/h1,3-5,7-9,15H,2,6H2,(H,16,17). The minimum atomic E-state index is -0.878. The predicted octanol–water partition coefficient (Wildman–Crippen LogP) is 3.30. The number of fused-ring (bicyclic) bond motifs is 1. The van der Waals surface area contributed by atoms with E-state index in [1.54, 1.807) is 0 Å². The number of para-hydroxylation sites is 1. The van der Waals surface area contributed by atoms with Crippen LogP contribution in [-0.2, 0) is 0 Å². The summed E-state index contributed by atoms with van der Waals surface area (Å²) in [5, 5.41) is 10.3. The molecule has 1 unspecified atom stereocenters. The second-order valence-electron chi connectivity index (χ2n) is 4.38. The molecule has 1 heterocycles. The number of carbonyl (C=O) groups is 1. The van der Waals surface area contributed by atoms with Crippen LogP contribution in [0.2, 0.25) is 0 Å². The minimum Gasteiger partial charge on any atom is -0.477 e. The van der Waals surface area contributed by atoms with E-state index in [2.05, 4.69) is 17.1 Å². The van der Waals surface area contributed by atoms with E-state index in [0.717, 1.165) is 29.3 Å². The second kappa shape index (κ2) is 3.77. The molecule has 0 aliphatic heterocycles. The largest absolute Gasteiger partial charge is 0.477 e. The first kappa shape index (κ1) is 10.1. The van der Waals surface area contributed by atoms with Gasteiger partial charge in [-0.25, -0.2) is 4.79 Å². The SMILES string of the molecule is O=C(O)c1[nH]c2ccccc2c1C1C=CCC1. The lowest BCUT2D eigenvalue weighted by Gasteiger charge is -2.07. The molecule has 2 aromatic rings. The Kier molecular flexibility index (Phi) is 2.25. The average Bonchev–Trinajstić information content (AvgIpc) is 2.94. The van der Waals surface area contributed by atoms with Crippen LogP contribution in [-0.4, -0.2) is 16.1 Å². The molecular weight excluding hydrogens is 214 g/mol. The molecule has 2 N–H and O–H groups in total. The van der Waals surface area contributed by atoms with Crippen LogP contribution >= 0.6 is 0 Å². The third-order valence-corrected chi connectivity index (χ3v) is 3.34. The predicted molar refractivity (Wildman–Crippen MR) is 66.4 cm³/mol. The van der Waals surface area contributed by atoms with Crippen molar-refractivity contribution in [1.29, 1.82) is 0 Å². The molecule has 1 atom stereocenters. The van der Waals surface area contributed by atoms with Gasteiger partial charge in [0.25, 0.3) is 0 Å². The van der Waals surface area contributed by atoms with Gasteiger partial charge in [-0.15, -0.1) is 0 Å². The number of rotatable bonds is 2. The van der Waals surface area contributed by atoms with Crippen molar-refractivity contribution in [2.45, 2.75) is 18.8 Å². The number of carboxylic acid groups (broad SMARTS) is 1. The first-order valence-electron chi connectivity index (χ1n) is 5.78. The highest BCUT2D eigenvalue weighted by atomic mass is 16.4. The van der Waals surface area contributed by atoms with E-state index in [9.17, 15) is 9.90 Å². The van der Waals surface area contributed by atoms with E-state index in [4.69, 9.17) is 0 Å². The highest BCUT2D eigenvalue weighted by molar-refractivity contribution is 5.98. The van der Waals surface area contributed by atoms with Gasteiger partial charge in [0.15, 0.2) is 0 Å². The Morgan fingerprint density at radius 2 is 2.18 bits per heavy atom. The Bertz CT molecular complexity index is 610. The highest BCUT2D eigenvalue weighted by Gasteiger charge is 2.23.